The molecule has 1 atom stereocenters. The third-order valence-corrected chi connectivity index (χ3v) is 4.88. The summed E-state index contributed by atoms with van der Waals surface area (Å²) in [5, 5.41) is 15.4. The number of carbonyl (C=O) groups is 1. The summed E-state index contributed by atoms with van der Waals surface area (Å²) >= 11 is 1.51. The van der Waals surface area contributed by atoms with E-state index < -0.39 is 12.0 Å². The number of carboxylic acid groups (broad SMARTS) is 1. The lowest BCUT2D eigenvalue weighted by molar-refractivity contribution is -0.138. The van der Waals surface area contributed by atoms with Crippen LogP contribution in [0.15, 0.2) is 36.0 Å². The molecule has 6 nitrogen and oxygen atoms in total. The molecular weight excluding hydrogens is 338 g/mol. The molecule has 1 unspecified atom stereocenters. The van der Waals surface area contributed by atoms with Crippen LogP contribution in [0.25, 0.3) is 21.3 Å². The highest BCUT2D eigenvalue weighted by molar-refractivity contribution is 7.17. The van der Waals surface area contributed by atoms with Crippen LogP contribution in [0.2, 0.25) is 0 Å². The van der Waals surface area contributed by atoms with Crippen molar-refractivity contribution in [2.75, 3.05) is 12.4 Å². The second kappa shape index (κ2) is 7.06. The Morgan fingerprint density at radius 2 is 1.96 bits per heavy atom. The maximum absolute atomic E-state index is 11.5. The predicted octanol–water partition coefficient (Wildman–Crippen LogP) is 3.89. The summed E-state index contributed by atoms with van der Waals surface area (Å²) < 4.78 is 5.20. The first-order chi connectivity index (χ1) is 12.0. The molecule has 7 heteroatoms. The number of benzene rings is 1. The zero-order chi connectivity index (χ0) is 18.0. The van der Waals surface area contributed by atoms with E-state index in [0.29, 0.717) is 5.82 Å². The van der Waals surface area contributed by atoms with Crippen LogP contribution in [-0.2, 0) is 4.79 Å². The van der Waals surface area contributed by atoms with E-state index in [9.17, 15) is 9.90 Å². The third-order valence-electron chi connectivity index (χ3n) is 4.00. The summed E-state index contributed by atoms with van der Waals surface area (Å²) in [5.41, 5.74) is 1.97. The molecular formula is C18H19N3O3S. The van der Waals surface area contributed by atoms with E-state index in [1.807, 2.05) is 43.5 Å². The summed E-state index contributed by atoms with van der Waals surface area (Å²) in [6.45, 7) is 3.73. The van der Waals surface area contributed by atoms with Gasteiger partial charge >= 0.3 is 5.97 Å². The number of ether oxygens (including phenoxy) is 1. The lowest BCUT2D eigenvalue weighted by atomic mass is 10.0. The Labute approximate surface area is 149 Å². The molecule has 0 radical (unpaired) electrons. The number of fused-ring (bicyclic) bond motifs is 1. The van der Waals surface area contributed by atoms with Gasteiger partial charge in [-0.05, 0) is 23.6 Å². The molecule has 0 aliphatic carbocycles. The molecule has 0 aliphatic rings. The second-order valence-corrected chi connectivity index (χ2v) is 6.84. The molecule has 2 aromatic heterocycles. The number of hydrogen-bond acceptors (Lipinski definition) is 6. The van der Waals surface area contributed by atoms with Crippen LogP contribution in [0.5, 0.6) is 5.75 Å². The normalized spacial score (nSPS) is 12.3. The molecule has 3 rings (SSSR count). The first-order valence-corrected chi connectivity index (χ1v) is 8.75. The van der Waals surface area contributed by atoms with E-state index >= 15 is 0 Å². The van der Waals surface area contributed by atoms with Gasteiger partial charge in [0.15, 0.2) is 0 Å². The molecule has 130 valence electrons. The van der Waals surface area contributed by atoms with Crippen molar-refractivity contribution >= 4 is 33.3 Å². The molecule has 0 aliphatic heterocycles. The zero-order valence-corrected chi connectivity index (χ0v) is 15.0. The second-order valence-electron chi connectivity index (χ2n) is 5.98. The van der Waals surface area contributed by atoms with Gasteiger partial charge < -0.3 is 15.2 Å². The van der Waals surface area contributed by atoms with Crippen LogP contribution >= 0.6 is 11.3 Å². The number of nitrogens with one attached hydrogen (secondary N) is 1. The van der Waals surface area contributed by atoms with Crippen molar-refractivity contribution in [3.8, 4) is 16.9 Å². The molecule has 0 amide bonds. The highest BCUT2D eigenvalue weighted by atomic mass is 32.1. The quantitative estimate of drug-likeness (QED) is 0.696. The van der Waals surface area contributed by atoms with Gasteiger partial charge in [0.05, 0.1) is 12.5 Å². The van der Waals surface area contributed by atoms with E-state index in [4.69, 9.17) is 4.74 Å². The molecule has 0 spiro atoms. The largest absolute Gasteiger partial charge is 0.497 e. The fraction of sp³-hybridized carbons (Fsp3) is 0.278. The monoisotopic (exact) mass is 357 g/mol. The molecule has 0 saturated heterocycles. The Kier molecular flexibility index (Phi) is 4.85. The number of nitrogens with zero attached hydrogens (tertiary/aromatic N) is 2. The van der Waals surface area contributed by atoms with E-state index in [1.54, 1.807) is 7.11 Å². The number of rotatable bonds is 6. The summed E-state index contributed by atoms with van der Waals surface area (Å²) in [6, 6.07) is 7.00. The molecule has 0 bridgehead atoms. The van der Waals surface area contributed by atoms with E-state index in [-0.39, 0.29) is 5.92 Å². The Hall–Kier alpha value is -2.67. The standard InChI is InChI=1S/C18H19N3O3S/c1-10(2)15(18(22)23)21-16-14-13(8-25-17(14)20-9-19-16)11-4-6-12(24-3)7-5-11/h4-10,15H,1-3H3,(H,22,23)(H,19,20,21). The molecule has 25 heavy (non-hydrogen) atoms. The molecule has 2 heterocycles. The Morgan fingerprint density at radius 1 is 1.24 bits per heavy atom. The average molecular weight is 357 g/mol. The van der Waals surface area contributed by atoms with Gasteiger partial charge in [0.25, 0.3) is 0 Å². The van der Waals surface area contributed by atoms with Crippen LogP contribution in [-0.4, -0.2) is 34.2 Å². The average Bonchev–Trinajstić information content (AvgIpc) is 3.04. The minimum Gasteiger partial charge on any atom is -0.497 e. The van der Waals surface area contributed by atoms with Crippen LogP contribution in [0.4, 0.5) is 5.82 Å². The van der Waals surface area contributed by atoms with Gasteiger partial charge in [-0.1, -0.05) is 26.0 Å². The topological polar surface area (TPSA) is 84.3 Å². The minimum absolute atomic E-state index is 0.0782. The fourth-order valence-electron chi connectivity index (χ4n) is 2.63. The molecule has 0 saturated carbocycles. The highest BCUT2D eigenvalue weighted by Crippen LogP contribution is 2.37. The van der Waals surface area contributed by atoms with Crippen molar-refractivity contribution in [2.45, 2.75) is 19.9 Å². The number of aromatic nitrogens is 2. The zero-order valence-electron chi connectivity index (χ0n) is 14.2. The summed E-state index contributed by atoms with van der Waals surface area (Å²) in [4.78, 5) is 21.0. The van der Waals surface area contributed by atoms with Gasteiger partial charge in [0.2, 0.25) is 0 Å². The van der Waals surface area contributed by atoms with Crippen LogP contribution in [0.1, 0.15) is 13.8 Å². The number of carboxylic acids is 1. The summed E-state index contributed by atoms with van der Waals surface area (Å²) in [7, 11) is 1.63. The van der Waals surface area contributed by atoms with Crippen molar-refractivity contribution in [2.24, 2.45) is 5.92 Å². The molecule has 3 aromatic rings. The van der Waals surface area contributed by atoms with Crippen molar-refractivity contribution in [3.63, 3.8) is 0 Å². The van der Waals surface area contributed by atoms with E-state index in [2.05, 4.69) is 15.3 Å². The van der Waals surface area contributed by atoms with Gasteiger partial charge in [0.1, 0.15) is 28.8 Å². The van der Waals surface area contributed by atoms with E-state index in [1.165, 1.54) is 17.7 Å². The van der Waals surface area contributed by atoms with Gasteiger partial charge in [-0.2, -0.15) is 0 Å². The van der Waals surface area contributed by atoms with Crippen molar-refractivity contribution < 1.29 is 14.6 Å². The van der Waals surface area contributed by atoms with Gasteiger partial charge in [0, 0.05) is 10.9 Å². The Balaban J connectivity index is 2.08. The lowest BCUT2D eigenvalue weighted by Gasteiger charge is -2.19. The highest BCUT2D eigenvalue weighted by Gasteiger charge is 2.23. The van der Waals surface area contributed by atoms with Gasteiger partial charge in [-0.3, -0.25) is 0 Å². The summed E-state index contributed by atoms with van der Waals surface area (Å²) in [5.74, 6) is 0.343. The SMILES string of the molecule is COc1ccc(-c2csc3ncnc(NC(C(=O)O)C(C)C)c23)cc1. The fourth-order valence-corrected chi connectivity index (χ4v) is 3.54. The predicted molar refractivity (Wildman–Crippen MR) is 99.3 cm³/mol. The van der Waals surface area contributed by atoms with Gasteiger partial charge in [-0.15, -0.1) is 11.3 Å². The van der Waals surface area contributed by atoms with Crippen molar-refractivity contribution in [3.05, 3.63) is 36.0 Å². The number of thiophene rings is 1. The number of hydrogen-bond donors (Lipinski definition) is 2. The number of aliphatic carboxylic acids is 1. The maximum Gasteiger partial charge on any atom is 0.326 e. The number of anilines is 1. The molecule has 2 N–H and O–H groups in total. The molecule has 0 fully saturated rings. The third kappa shape index (κ3) is 3.41. The van der Waals surface area contributed by atoms with Crippen LogP contribution in [0.3, 0.4) is 0 Å². The van der Waals surface area contributed by atoms with Crippen LogP contribution < -0.4 is 10.1 Å². The smallest absolute Gasteiger partial charge is 0.326 e. The first-order valence-electron chi connectivity index (χ1n) is 7.87. The van der Waals surface area contributed by atoms with Crippen molar-refractivity contribution in [1.82, 2.24) is 9.97 Å². The number of methoxy groups -OCH3 is 1. The van der Waals surface area contributed by atoms with E-state index in [0.717, 1.165) is 27.1 Å². The Bertz CT molecular complexity index is 890. The lowest BCUT2D eigenvalue weighted by Crippen LogP contribution is -2.34. The van der Waals surface area contributed by atoms with Gasteiger partial charge in [-0.25, -0.2) is 14.8 Å². The summed E-state index contributed by atoms with van der Waals surface area (Å²) in [6.07, 6.45) is 1.46. The minimum atomic E-state index is -0.900. The Morgan fingerprint density at radius 3 is 2.56 bits per heavy atom. The van der Waals surface area contributed by atoms with Crippen molar-refractivity contribution in [1.29, 1.82) is 0 Å². The molecule has 1 aromatic carbocycles. The van der Waals surface area contributed by atoms with Crippen LogP contribution in [0, 0.1) is 5.92 Å². The maximum atomic E-state index is 11.5. The first kappa shape index (κ1) is 17.2.